The zero-order chi connectivity index (χ0) is 15.0. The van der Waals surface area contributed by atoms with Crippen LogP contribution in [0, 0.1) is 0 Å². The van der Waals surface area contributed by atoms with Crippen molar-refractivity contribution in [3.8, 4) is 11.3 Å². The monoisotopic (exact) mass is 319 g/mol. The summed E-state index contributed by atoms with van der Waals surface area (Å²) in [5.41, 5.74) is 3.25. The van der Waals surface area contributed by atoms with Gasteiger partial charge in [0, 0.05) is 23.0 Å². The second-order valence-corrected chi connectivity index (χ2v) is 5.35. The number of hydrogen-bond acceptors (Lipinski definition) is 3. The van der Waals surface area contributed by atoms with E-state index in [2.05, 4.69) is 9.97 Å². The van der Waals surface area contributed by atoms with Crippen molar-refractivity contribution in [2.75, 3.05) is 0 Å². The largest absolute Gasteiger partial charge is 0.296 e. The van der Waals surface area contributed by atoms with Gasteiger partial charge in [0.15, 0.2) is 11.9 Å². The number of aldehydes is 1. The van der Waals surface area contributed by atoms with Crippen LogP contribution in [-0.4, -0.2) is 20.7 Å². The van der Waals surface area contributed by atoms with Gasteiger partial charge >= 0.3 is 0 Å². The van der Waals surface area contributed by atoms with Crippen molar-refractivity contribution < 1.29 is 4.79 Å². The third-order valence-corrected chi connectivity index (χ3v) is 3.84. The van der Waals surface area contributed by atoms with E-state index < -0.39 is 0 Å². The Morgan fingerprint density at radius 1 is 1.33 bits per heavy atom. The van der Waals surface area contributed by atoms with E-state index in [1.165, 1.54) is 0 Å². The predicted molar refractivity (Wildman–Crippen MR) is 83.2 cm³/mol. The molecule has 0 unspecified atom stereocenters. The molecule has 0 atom stereocenters. The first-order valence-corrected chi connectivity index (χ1v) is 7.17. The zero-order valence-electron chi connectivity index (χ0n) is 11.2. The number of aryl methyl sites for hydroxylation is 1. The van der Waals surface area contributed by atoms with Crippen LogP contribution in [0.2, 0.25) is 10.0 Å². The Hall–Kier alpha value is -1.91. The van der Waals surface area contributed by atoms with Gasteiger partial charge < -0.3 is 0 Å². The second-order valence-electron chi connectivity index (χ2n) is 4.51. The molecular formula is C15H11Cl2N3O. The summed E-state index contributed by atoms with van der Waals surface area (Å²) in [6.07, 6.45) is 4.83. The van der Waals surface area contributed by atoms with Crippen molar-refractivity contribution in [2.24, 2.45) is 0 Å². The smallest absolute Gasteiger partial charge is 0.168 e. The molecule has 0 spiro atoms. The fourth-order valence-corrected chi connectivity index (χ4v) is 2.80. The van der Waals surface area contributed by atoms with Gasteiger partial charge in [0.1, 0.15) is 11.4 Å². The minimum absolute atomic E-state index is 0.497. The van der Waals surface area contributed by atoms with Gasteiger partial charge in [-0.25, -0.2) is 4.98 Å². The third kappa shape index (κ3) is 2.30. The van der Waals surface area contributed by atoms with Gasteiger partial charge in [0.25, 0.3) is 0 Å². The van der Waals surface area contributed by atoms with Crippen LogP contribution in [0.3, 0.4) is 0 Å². The van der Waals surface area contributed by atoms with Gasteiger partial charge in [-0.05, 0) is 24.6 Å². The van der Waals surface area contributed by atoms with Crippen molar-refractivity contribution in [1.82, 2.24) is 14.4 Å². The molecule has 3 aromatic rings. The molecule has 0 aliphatic carbocycles. The Labute approximate surface area is 131 Å². The first kappa shape index (κ1) is 14.0. The first-order valence-electron chi connectivity index (χ1n) is 6.42. The van der Waals surface area contributed by atoms with Gasteiger partial charge in [0.05, 0.1) is 10.7 Å². The second kappa shape index (κ2) is 5.47. The van der Waals surface area contributed by atoms with E-state index in [4.69, 9.17) is 23.2 Å². The number of carbonyl (C=O) groups excluding carboxylic acids is 1. The molecule has 1 aromatic carbocycles. The Bertz CT molecular complexity index is 842. The lowest BCUT2D eigenvalue weighted by molar-refractivity contribution is 0.111. The molecule has 2 aromatic heterocycles. The van der Waals surface area contributed by atoms with E-state index in [1.807, 2.05) is 6.92 Å². The first-order chi connectivity index (χ1) is 10.2. The van der Waals surface area contributed by atoms with Crippen molar-refractivity contribution in [2.45, 2.75) is 13.3 Å². The lowest BCUT2D eigenvalue weighted by atomic mass is 10.1. The van der Waals surface area contributed by atoms with Crippen molar-refractivity contribution in [1.29, 1.82) is 0 Å². The number of rotatable bonds is 3. The Morgan fingerprint density at radius 2 is 2.14 bits per heavy atom. The summed E-state index contributed by atoms with van der Waals surface area (Å²) in [6.45, 7) is 1.96. The molecule has 106 valence electrons. The molecule has 0 radical (unpaired) electrons. The van der Waals surface area contributed by atoms with Crippen LogP contribution in [0.4, 0.5) is 0 Å². The average molecular weight is 320 g/mol. The van der Waals surface area contributed by atoms with Crippen LogP contribution >= 0.6 is 23.2 Å². The summed E-state index contributed by atoms with van der Waals surface area (Å²) < 4.78 is 1.74. The van der Waals surface area contributed by atoms with E-state index in [-0.39, 0.29) is 0 Å². The molecule has 0 N–H and O–H groups in total. The molecule has 0 saturated carbocycles. The maximum absolute atomic E-state index is 11.3. The average Bonchev–Trinajstić information content (AvgIpc) is 2.85. The van der Waals surface area contributed by atoms with E-state index in [0.29, 0.717) is 33.5 Å². The number of imidazole rings is 1. The maximum Gasteiger partial charge on any atom is 0.168 e. The highest BCUT2D eigenvalue weighted by molar-refractivity contribution is 6.36. The summed E-state index contributed by atoms with van der Waals surface area (Å²) in [7, 11) is 0. The van der Waals surface area contributed by atoms with Crippen LogP contribution < -0.4 is 0 Å². The number of hydrogen-bond donors (Lipinski definition) is 0. The van der Waals surface area contributed by atoms with Crippen molar-refractivity contribution >= 4 is 35.1 Å². The van der Waals surface area contributed by atoms with Gasteiger partial charge in [-0.15, -0.1) is 0 Å². The third-order valence-electron chi connectivity index (χ3n) is 3.29. The number of benzene rings is 1. The standard InChI is InChI=1S/C15H11Cl2N3O/c1-2-12-13(8-21)20-6-5-18-14(15(20)19-12)10-4-3-9(16)7-11(10)17/h3-8H,2H2,1H3. The molecule has 6 heteroatoms. The quantitative estimate of drug-likeness (QED) is 0.683. The SMILES string of the molecule is CCc1nc2c(-c3ccc(Cl)cc3Cl)nccn2c1C=O. The number of halogens is 2. The molecule has 0 amide bonds. The van der Waals surface area contributed by atoms with E-state index in [1.54, 1.807) is 35.0 Å². The Balaban J connectivity index is 2.33. The molecular weight excluding hydrogens is 309 g/mol. The van der Waals surface area contributed by atoms with Crippen LogP contribution in [0.15, 0.2) is 30.6 Å². The fourth-order valence-electron chi connectivity index (χ4n) is 2.30. The fraction of sp³-hybridized carbons (Fsp3) is 0.133. The van der Waals surface area contributed by atoms with Crippen LogP contribution in [0.1, 0.15) is 23.1 Å². The van der Waals surface area contributed by atoms with Crippen molar-refractivity contribution in [3.63, 3.8) is 0 Å². The highest BCUT2D eigenvalue weighted by atomic mass is 35.5. The van der Waals surface area contributed by atoms with E-state index in [9.17, 15) is 4.79 Å². The molecule has 2 heterocycles. The highest BCUT2D eigenvalue weighted by Crippen LogP contribution is 2.31. The molecule has 3 rings (SSSR count). The number of fused-ring (bicyclic) bond motifs is 1. The summed E-state index contributed by atoms with van der Waals surface area (Å²) >= 11 is 12.2. The molecule has 0 saturated heterocycles. The Morgan fingerprint density at radius 3 is 2.81 bits per heavy atom. The van der Waals surface area contributed by atoms with E-state index in [0.717, 1.165) is 17.5 Å². The van der Waals surface area contributed by atoms with Gasteiger partial charge in [-0.3, -0.25) is 14.2 Å². The lowest BCUT2D eigenvalue weighted by Crippen LogP contribution is -1.96. The summed E-state index contributed by atoms with van der Waals surface area (Å²) in [5, 5.41) is 1.05. The predicted octanol–water partition coefficient (Wildman–Crippen LogP) is 4.08. The minimum Gasteiger partial charge on any atom is -0.296 e. The van der Waals surface area contributed by atoms with Gasteiger partial charge in [-0.1, -0.05) is 30.1 Å². The van der Waals surface area contributed by atoms with Gasteiger partial charge in [0.2, 0.25) is 0 Å². The lowest BCUT2D eigenvalue weighted by Gasteiger charge is -2.05. The molecule has 0 fully saturated rings. The highest BCUT2D eigenvalue weighted by Gasteiger charge is 2.16. The maximum atomic E-state index is 11.3. The number of aromatic nitrogens is 3. The van der Waals surface area contributed by atoms with Crippen molar-refractivity contribution in [3.05, 3.63) is 52.0 Å². The molecule has 21 heavy (non-hydrogen) atoms. The summed E-state index contributed by atoms with van der Waals surface area (Å²) in [4.78, 5) is 20.2. The molecule has 0 aliphatic rings. The normalized spacial score (nSPS) is 11.0. The van der Waals surface area contributed by atoms with E-state index >= 15 is 0 Å². The topological polar surface area (TPSA) is 47.3 Å². The molecule has 0 bridgehead atoms. The number of carbonyl (C=O) groups is 1. The molecule has 4 nitrogen and oxygen atoms in total. The minimum atomic E-state index is 0.497. The zero-order valence-corrected chi connectivity index (χ0v) is 12.7. The van der Waals surface area contributed by atoms with Crippen LogP contribution in [-0.2, 0) is 6.42 Å². The number of nitrogens with zero attached hydrogens (tertiary/aromatic N) is 3. The Kier molecular flexibility index (Phi) is 3.66. The van der Waals surface area contributed by atoms with Crippen LogP contribution in [0.25, 0.3) is 16.9 Å². The van der Waals surface area contributed by atoms with Crippen LogP contribution in [0.5, 0.6) is 0 Å². The van der Waals surface area contributed by atoms with Gasteiger partial charge in [-0.2, -0.15) is 0 Å². The molecule has 0 aliphatic heterocycles. The summed E-state index contributed by atoms with van der Waals surface area (Å²) in [5.74, 6) is 0. The summed E-state index contributed by atoms with van der Waals surface area (Å²) in [6, 6.07) is 5.21.